The van der Waals surface area contributed by atoms with Crippen LogP contribution in [0.5, 0.6) is 0 Å². The molecule has 0 saturated carbocycles. The molecule has 1 N–H and O–H groups in total. The van der Waals surface area contributed by atoms with Gasteiger partial charge >= 0.3 is 5.97 Å². The highest BCUT2D eigenvalue weighted by Crippen LogP contribution is 2.20. The maximum absolute atomic E-state index is 10.8. The van der Waals surface area contributed by atoms with Gasteiger partial charge < -0.3 is 14.4 Å². The van der Waals surface area contributed by atoms with Gasteiger partial charge in [0.2, 0.25) is 0 Å². The Morgan fingerprint density at radius 1 is 1.67 bits per heavy atom. The molecule has 5 nitrogen and oxygen atoms in total. The van der Waals surface area contributed by atoms with Crippen LogP contribution in [0.4, 0.5) is 0 Å². The van der Waals surface area contributed by atoms with Gasteiger partial charge in [-0.3, -0.25) is 0 Å². The lowest BCUT2D eigenvalue weighted by atomic mass is 9.96. The summed E-state index contributed by atoms with van der Waals surface area (Å²) >= 11 is 0. The molecule has 0 aromatic carbocycles. The molecule has 0 spiro atoms. The molecule has 1 fully saturated rings. The van der Waals surface area contributed by atoms with E-state index in [9.17, 15) is 4.79 Å². The number of ether oxygens (including phenoxy) is 1. The molecule has 1 unspecified atom stereocenters. The lowest BCUT2D eigenvalue weighted by molar-refractivity contribution is 0.0519. The Balaban J connectivity index is 2.03. The predicted octanol–water partition coefficient (Wildman–Crippen LogP) is 1.34. The van der Waals surface area contributed by atoms with Gasteiger partial charge in [0.25, 0.3) is 0 Å². The largest absolute Gasteiger partial charge is 0.478 e. The van der Waals surface area contributed by atoms with E-state index in [1.165, 1.54) is 6.20 Å². The van der Waals surface area contributed by atoms with E-state index < -0.39 is 5.97 Å². The van der Waals surface area contributed by atoms with Crippen LogP contribution in [0, 0.1) is 5.92 Å². The van der Waals surface area contributed by atoms with E-state index in [2.05, 4.69) is 5.16 Å². The predicted molar refractivity (Wildman–Crippen MR) is 50.7 cm³/mol. The van der Waals surface area contributed by atoms with Crippen LogP contribution in [0.25, 0.3) is 0 Å². The molecule has 0 amide bonds. The summed E-state index contributed by atoms with van der Waals surface area (Å²) in [6.45, 7) is 1.48. The number of rotatable bonds is 3. The molecule has 1 atom stereocenters. The molecule has 82 valence electrons. The normalized spacial score (nSPS) is 21.5. The number of aromatic carboxylic acids is 1. The number of hydrogen-bond donors (Lipinski definition) is 1. The summed E-state index contributed by atoms with van der Waals surface area (Å²) < 4.78 is 10.3. The molecule has 0 bridgehead atoms. The van der Waals surface area contributed by atoms with Crippen molar-refractivity contribution in [1.82, 2.24) is 5.16 Å². The topological polar surface area (TPSA) is 72.6 Å². The number of carboxylic acid groups (broad SMARTS) is 1. The Kier molecular flexibility index (Phi) is 3.01. The summed E-state index contributed by atoms with van der Waals surface area (Å²) in [5.41, 5.74) is 0.167. The Labute approximate surface area is 87.0 Å². The smallest absolute Gasteiger partial charge is 0.340 e. The van der Waals surface area contributed by atoms with Gasteiger partial charge in [-0.05, 0) is 18.8 Å². The molecule has 1 aromatic rings. The van der Waals surface area contributed by atoms with Crippen LogP contribution in [-0.2, 0) is 11.2 Å². The lowest BCUT2D eigenvalue weighted by Gasteiger charge is -2.20. The van der Waals surface area contributed by atoms with Crippen LogP contribution in [0.15, 0.2) is 10.7 Å². The molecular weight excluding hydrogens is 198 g/mol. The molecule has 2 heterocycles. The first-order chi connectivity index (χ1) is 7.27. The summed E-state index contributed by atoms with van der Waals surface area (Å²) in [6.07, 6.45) is 3.93. The van der Waals surface area contributed by atoms with Crippen LogP contribution in [-0.4, -0.2) is 29.4 Å². The third-order valence-electron chi connectivity index (χ3n) is 2.60. The van der Waals surface area contributed by atoms with Crippen LogP contribution < -0.4 is 0 Å². The highest BCUT2D eigenvalue weighted by Gasteiger charge is 2.21. The van der Waals surface area contributed by atoms with Gasteiger partial charge in [0.1, 0.15) is 5.56 Å². The van der Waals surface area contributed by atoms with E-state index in [1.807, 2.05) is 0 Å². The fourth-order valence-corrected chi connectivity index (χ4v) is 1.82. The Hall–Kier alpha value is -1.36. The van der Waals surface area contributed by atoms with E-state index in [4.69, 9.17) is 14.4 Å². The molecule has 1 aromatic heterocycles. The Morgan fingerprint density at radius 2 is 2.53 bits per heavy atom. The van der Waals surface area contributed by atoms with Gasteiger partial charge in [-0.25, -0.2) is 4.79 Å². The zero-order chi connectivity index (χ0) is 10.7. The highest BCUT2D eigenvalue weighted by atomic mass is 16.5. The van der Waals surface area contributed by atoms with E-state index in [-0.39, 0.29) is 5.56 Å². The van der Waals surface area contributed by atoms with Gasteiger partial charge in [0, 0.05) is 19.6 Å². The van der Waals surface area contributed by atoms with Crippen LogP contribution in [0.1, 0.15) is 29.0 Å². The average molecular weight is 211 g/mol. The third-order valence-corrected chi connectivity index (χ3v) is 2.60. The zero-order valence-electron chi connectivity index (χ0n) is 8.31. The van der Waals surface area contributed by atoms with Gasteiger partial charge in [0.05, 0.1) is 6.20 Å². The lowest BCUT2D eigenvalue weighted by Crippen LogP contribution is -2.19. The number of carbonyl (C=O) groups is 1. The van der Waals surface area contributed by atoms with E-state index in [0.717, 1.165) is 19.4 Å². The molecule has 1 aliphatic heterocycles. The summed E-state index contributed by atoms with van der Waals surface area (Å²) in [4.78, 5) is 10.8. The van der Waals surface area contributed by atoms with Crippen molar-refractivity contribution in [2.24, 2.45) is 5.92 Å². The van der Waals surface area contributed by atoms with E-state index in [0.29, 0.717) is 24.7 Å². The maximum atomic E-state index is 10.8. The van der Waals surface area contributed by atoms with Crippen LogP contribution >= 0.6 is 0 Å². The van der Waals surface area contributed by atoms with Gasteiger partial charge in [-0.1, -0.05) is 5.16 Å². The number of hydrogen-bond acceptors (Lipinski definition) is 4. The van der Waals surface area contributed by atoms with Gasteiger partial charge in [0.15, 0.2) is 5.76 Å². The number of aromatic nitrogens is 1. The quantitative estimate of drug-likeness (QED) is 0.816. The van der Waals surface area contributed by atoms with Gasteiger partial charge in [-0.2, -0.15) is 0 Å². The van der Waals surface area contributed by atoms with Gasteiger partial charge in [-0.15, -0.1) is 0 Å². The molecule has 0 radical (unpaired) electrons. The Bertz CT molecular complexity index is 341. The second-order valence-corrected chi connectivity index (χ2v) is 3.76. The maximum Gasteiger partial charge on any atom is 0.340 e. The minimum atomic E-state index is -0.983. The molecule has 1 aliphatic rings. The summed E-state index contributed by atoms with van der Waals surface area (Å²) in [6, 6.07) is 0. The van der Waals surface area contributed by atoms with Crippen molar-refractivity contribution in [3.05, 3.63) is 17.5 Å². The summed E-state index contributed by atoms with van der Waals surface area (Å²) in [5.74, 6) is -0.175. The van der Waals surface area contributed by atoms with Crippen molar-refractivity contribution in [3.63, 3.8) is 0 Å². The first kappa shape index (κ1) is 10.2. The number of carboxylic acids is 1. The fraction of sp³-hybridized carbons (Fsp3) is 0.600. The molecule has 1 saturated heterocycles. The molecule has 5 heteroatoms. The van der Waals surface area contributed by atoms with Crippen molar-refractivity contribution < 1.29 is 19.2 Å². The van der Waals surface area contributed by atoms with E-state index >= 15 is 0 Å². The van der Waals surface area contributed by atoms with Crippen LogP contribution in [0.2, 0.25) is 0 Å². The van der Waals surface area contributed by atoms with Crippen molar-refractivity contribution in [3.8, 4) is 0 Å². The first-order valence-corrected chi connectivity index (χ1v) is 5.02. The summed E-state index contributed by atoms with van der Waals surface area (Å²) in [5, 5.41) is 12.4. The second-order valence-electron chi connectivity index (χ2n) is 3.76. The molecular formula is C10H13NO4. The van der Waals surface area contributed by atoms with Crippen LogP contribution in [0.3, 0.4) is 0 Å². The SMILES string of the molecule is O=C(O)c1cnoc1CC1CCCOC1. The van der Waals surface area contributed by atoms with E-state index in [1.54, 1.807) is 0 Å². The standard InChI is InChI=1S/C10H13NO4/c12-10(13)8-5-11-15-9(8)4-7-2-1-3-14-6-7/h5,7H,1-4,6H2,(H,12,13). The van der Waals surface area contributed by atoms with Crippen molar-refractivity contribution in [2.75, 3.05) is 13.2 Å². The molecule has 15 heavy (non-hydrogen) atoms. The third kappa shape index (κ3) is 2.36. The number of nitrogens with zero attached hydrogens (tertiary/aromatic N) is 1. The minimum absolute atomic E-state index is 0.167. The fourth-order valence-electron chi connectivity index (χ4n) is 1.82. The monoisotopic (exact) mass is 211 g/mol. The average Bonchev–Trinajstić information content (AvgIpc) is 2.67. The highest BCUT2D eigenvalue weighted by molar-refractivity contribution is 5.88. The van der Waals surface area contributed by atoms with Crippen molar-refractivity contribution >= 4 is 5.97 Å². The summed E-state index contributed by atoms with van der Waals surface area (Å²) in [7, 11) is 0. The van der Waals surface area contributed by atoms with Crippen molar-refractivity contribution in [1.29, 1.82) is 0 Å². The Morgan fingerprint density at radius 3 is 3.20 bits per heavy atom. The zero-order valence-corrected chi connectivity index (χ0v) is 8.31. The first-order valence-electron chi connectivity index (χ1n) is 5.02. The second kappa shape index (κ2) is 4.44. The minimum Gasteiger partial charge on any atom is -0.478 e. The molecule has 0 aliphatic carbocycles. The van der Waals surface area contributed by atoms with Crippen molar-refractivity contribution in [2.45, 2.75) is 19.3 Å². The molecule has 2 rings (SSSR count).